The number of hydrogen-bond donors (Lipinski definition) is 1. The minimum atomic E-state index is -3.58. The van der Waals surface area contributed by atoms with Crippen LogP contribution in [0.3, 0.4) is 0 Å². The fraction of sp³-hybridized carbons (Fsp3) is 0.435. The Balaban J connectivity index is 1.71. The first-order valence-electron chi connectivity index (χ1n) is 10.1. The van der Waals surface area contributed by atoms with Gasteiger partial charge < -0.3 is 5.32 Å². The van der Waals surface area contributed by atoms with Gasteiger partial charge in [-0.2, -0.15) is 0 Å². The molecule has 5 nitrogen and oxygen atoms in total. The molecular formula is C23H30N2O3S. The highest BCUT2D eigenvalue weighted by atomic mass is 32.2. The summed E-state index contributed by atoms with van der Waals surface area (Å²) in [5, 5.41) is 2.94. The van der Waals surface area contributed by atoms with Gasteiger partial charge in [0.15, 0.2) is 0 Å². The van der Waals surface area contributed by atoms with Gasteiger partial charge in [-0.3, -0.25) is 9.10 Å². The van der Waals surface area contributed by atoms with Crippen LogP contribution >= 0.6 is 0 Å². The maximum Gasteiger partial charge on any atom is 0.241 e. The molecule has 1 N–H and O–H groups in total. The molecule has 0 fully saturated rings. The topological polar surface area (TPSA) is 66.5 Å². The van der Waals surface area contributed by atoms with Crippen LogP contribution in [-0.2, 0) is 27.7 Å². The van der Waals surface area contributed by atoms with Crippen LogP contribution in [0, 0.1) is 0 Å². The molecule has 1 aliphatic carbocycles. The summed E-state index contributed by atoms with van der Waals surface area (Å²) in [5.41, 5.74) is 5.41. The number of carbonyl (C=O) groups excluding carboxylic acids is 1. The molecule has 0 aliphatic heterocycles. The highest BCUT2D eigenvalue weighted by molar-refractivity contribution is 7.92. The van der Waals surface area contributed by atoms with Gasteiger partial charge in [-0.05, 0) is 66.5 Å². The predicted molar refractivity (Wildman–Crippen MR) is 118 cm³/mol. The number of rotatable bonds is 7. The summed E-state index contributed by atoms with van der Waals surface area (Å²) in [6.45, 7) is 5.85. The molecule has 0 saturated carbocycles. The van der Waals surface area contributed by atoms with Gasteiger partial charge in [0, 0.05) is 0 Å². The van der Waals surface area contributed by atoms with Crippen molar-refractivity contribution in [2.75, 3.05) is 17.1 Å². The lowest BCUT2D eigenvalue weighted by Gasteiger charge is -2.24. The van der Waals surface area contributed by atoms with Crippen LogP contribution in [-0.4, -0.2) is 27.1 Å². The molecule has 6 heteroatoms. The summed E-state index contributed by atoms with van der Waals surface area (Å²) >= 11 is 0. The zero-order chi connectivity index (χ0) is 21.2. The molecule has 1 atom stereocenters. The van der Waals surface area contributed by atoms with Crippen LogP contribution in [0.25, 0.3) is 0 Å². The average Bonchev–Trinajstić information content (AvgIpc) is 3.13. The Bertz CT molecular complexity index is 982. The average molecular weight is 415 g/mol. The maximum absolute atomic E-state index is 12.6. The molecule has 156 valence electrons. The fourth-order valence-electron chi connectivity index (χ4n) is 3.79. The van der Waals surface area contributed by atoms with Gasteiger partial charge in [-0.15, -0.1) is 0 Å². The van der Waals surface area contributed by atoms with Crippen molar-refractivity contribution in [2.24, 2.45) is 0 Å². The minimum Gasteiger partial charge on any atom is -0.348 e. The Kier molecular flexibility index (Phi) is 6.32. The van der Waals surface area contributed by atoms with Gasteiger partial charge in [0.1, 0.15) is 6.54 Å². The minimum absolute atomic E-state index is 0.182. The first kappa shape index (κ1) is 21.4. The Morgan fingerprint density at radius 2 is 1.62 bits per heavy atom. The van der Waals surface area contributed by atoms with Gasteiger partial charge in [-0.25, -0.2) is 8.42 Å². The molecule has 29 heavy (non-hydrogen) atoms. The summed E-state index contributed by atoms with van der Waals surface area (Å²) in [6, 6.07) is 13.5. The van der Waals surface area contributed by atoms with Crippen molar-refractivity contribution in [3.05, 3.63) is 64.7 Å². The monoisotopic (exact) mass is 414 g/mol. The van der Waals surface area contributed by atoms with Crippen LogP contribution in [0.5, 0.6) is 0 Å². The maximum atomic E-state index is 12.6. The highest BCUT2D eigenvalue weighted by Gasteiger charge is 2.22. The number of fused-ring (bicyclic) bond motifs is 1. The molecule has 1 amide bonds. The number of nitrogens with one attached hydrogen (secondary N) is 1. The summed E-state index contributed by atoms with van der Waals surface area (Å²) in [6.07, 6.45) is 4.51. The van der Waals surface area contributed by atoms with E-state index in [1.165, 1.54) is 17.5 Å². The first-order valence-corrected chi connectivity index (χ1v) is 12.0. The molecule has 3 rings (SSSR count). The molecule has 0 radical (unpaired) electrons. The molecule has 0 spiro atoms. The molecular weight excluding hydrogens is 384 g/mol. The molecule has 1 unspecified atom stereocenters. The smallest absolute Gasteiger partial charge is 0.241 e. The number of aryl methyl sites for hydroxylation is 2. The van der Waals surface area contributed by atoms with E-state index in [4.69, 9.17) is 0 Å². The third-order valence-electron chi connectivity index (χ3n) is 5.54. The van der Waals surface area contributed by atoms with Crippen molar-refractivity contribution < 1.29 is 13.2 Å². The van der Waals surface area contributed by atoms with E-state index >= 15 is 0 Å². The van der Waals surface area contributed by atoms with Crippen molar-refractivity contribution in [3.63, 3.8) is 0 Å². The highest BCUT2D eigenvalue weighted by Crippen LogP contribution is 2.26. The Hall–Kier alpha value is -2.34. The number of carbonyl (C=O) groups is 1. The van der Waals surface area contributed by atoms with Crippen LogP contribution in [0.4, 0.5) is 5.69 Å². The van der Waals surface area contributed by atoms with E-state index < -0.39 is 10.0 Å². The molecule has 2 aromatic carbocycles. The van der Waals surface area contributed by atoms with E-state index in [0.717, 1.165) is 34.5 Å². The molecule has 2 aromatic rings. The zero-order valence-corrected chi connectivity index (χ0v) is 18.4. The number of benzene rings is 2. The third kappa shape index (κ3) is 5.18. The number of nitrogens with zero attached hydrogens (tertiary/aromatic N) is 1. The summed E-state index contributed by atoms with van der Waals surface area (Å²) in [4.78, 5) is 12.6. The fourth-order valence-corrected chi connectivity index (χ4v) is 4.64. The standard InChI is InChI=1S/C23H30N2O3S/c1-16(2)18-10-12-22(13-11-18)25(29(4,27)28)15-23(26)24-17(3)20-9-8-19-6-5-7-21(19)14-20/h8-14,16-17H,5-7,15H2,1-4H3,(H,24,26). The number of sulfonamides is 1. The largest absolute Gasteiger partial charge is 0.348 e. The Labute approximate surface area is 174 Å². The van der Waals surface area contributed by atoms with E-state index in [9.17, 15) is 13.2 Å². The Morgan fingerprint density at radius 3 is 2.24 bits per heavy atom. The third-order valence-corrected chi connectivity index (χ3v) is 6.68. The SMILES string of the molecule is CC(C)c1ccc(N(CC(=O)NC(C)c2ccc3c(c2)CCC3)S(C)(=O)=O)cc1. The molecule has 0 saturated heterocycles. The zero-order valence-electron chi connectivity index (χ0n) is 17.6. The van der Waals surface area contributed by atoms with Crippen molar-refractivity contribution in [1.82, 2.24) is 5.32 Å². The van der Waals surface area contributed by atoms with Gasteiger partial charge >= 0.3 is 0 Å². The predicted octanol–water partition coefficient (Wildman–Crippen LogP) is 3.94. The summed E-state index contributed by atoms with van der Waals surface area (Å²) in [7, 11) is -3.58. The van der Waals surface area contributed by atoms with Gasteiger partial charge in [-0.1, -0.05) is 44.2 Å². The first-order chi connectivity index (χ1) is 13.6. The van der Waals surface area contributed by atoms with E-state index in [2.05, 4.69) is 31.3 Å². The van der Waals surface area contributed by atoms with Crippen molar-refractivity contribution in [1.29, 1.82) is 0 Å². The van der Waals surface area contributed by atoms with Gasteiger partial charge in [0.05, 0.1) is 18.0 Å². The molecule has 0 heterocycles. The van der Waals surface area contributed by atoms with Crippen molar-refractivity contribution >= 4 is 21.6 Å². The quantitative estimate of drug-likeness (QED) is 0.746. The van der Waals surface area contributed by atoms with Crippen LogP contribution in [0.1, 0.15) is 61.4 Å². The second-order valence-electron chi connectivity index (χ2n) is 8.19. The van der Waals surface area contributed by atoms with Crippen LogP contribution in [0.2, 0.25) is 0 Å². The van der Waals surface area contributed by atoms with Crippen LogP contribution in [0.15, 0.2) is 42.5 Å². The lowest BCUT2D eigenvalue weighted by molar-refractivity contribution is -0.120. The molecule has 0 bridgehead atoms. The molecule has 0 aromatic heterocycles. The van der Waals surface area contributed by atoms with Crippen molar-refractivity contribution in [3.8, 4) is 0 Å². The van der Waals surface area contributed by atoms with E-state index in [-0.39, 0.29) is 18.5 Å². The van der Waals surface area contributed by atoms with E-state index in [0.29, 0.717) is 11.6 Å². The Morgan fingerprint density at radius 1 is 1.00 bits per heavy atom. The van der Waals surface area contributed by atoms with E-state index in [1.54, 1.807) is 12.1 Å². The van der Waals surface area contributed by atoms with E-state index in [1.807, 2.05) is 25.1 Å². The van der Waals surface area contributed by atoms with Crippen LogP contribution < -0.4 is 9.62 Å². The molecule has 1 aliphatic rings. The lowest BCUT2D eigenvalue weighted by atomic mass is 10.0. The van der Waals surface area contributed by atoms with Gasteiger partial charge in [0.2, 0.25) is 15.9 Å². The summed E-state index contributed by atoms with van der Waals surface area (Å²) < 4.78 is 25.8. The number of anilines is 1. The van der Waals surface area contributed by atoms with Gasteiger partial charge in [0.25, 0.3) is 0 Å². The second-order valence-corrected chi connectivity index (χ2v) is 10.1. The lowest BCUT2D eigenvalue weighted by Crippen LogP contribution is -2.41. The number of hydrogen-bond acceptors (Lipinski definition) is 3. The number of amides is 1. The van der Waals surface area contributed by atoms with Crippen molar-refractivity contribution in [2.45, 2.75) is 52.0 Å². The summed E-state index contributed by atoms with van der Waals surface area (Å²) in [5.74, 6) is 0.0311. The normalized spacial score (nSPS) is 14.5. The second kappa shape index (κ2) is 8.57.